The number of nitrogen functional groups attached to an aromatic ring is 1. The molecule has 2 rings (SSSR count). The fraction of sp³-hybridized carbons (Fsp3) is 0.200. The SMILES string of the molecule is Nc1cc(NCCc2ncon2)ccc1S(N)(=O)=O. The molecule has 1 heterocycles. The first-order chi connectivity index (χ1) is 8.97. The molecule has 0 aliphatic heterocycles. The predicted octanol–water partition coefficient (Wildman–Crippen LogP) is -0.0462. The molecule has 0 bridgehead atoms. The highest BCUT2D eigenvalue weighted by Crippen LogP contribution is 2.21. The molecule has 19 heavy (non-hydrogen) atoms. The third-order valence-electron chi connectivity index (χ3n) is 2.40. The molecule has 0 atom stereocenters. The second-order valence-electron chi connectivity index (χ2n) is 3.82. The molecule has 1 aromatic heterocycles. The monoisotopic (exact) mass is 283 g/mol. The second kappa shape index (κ2) is 5.24. The smallest absolute Gasteiger partial charge is 0.240 e. The normalized spacial score (nSPS) is 11.4. The van der Waals surface area contributed by atoms with E-state index < -0.39 is 10.0 Å². The fourth-order valence-electron chi connectivity index (χ4n) is 1.54. The number of nitrogens with zero attached hydrogens (tertiary/aromatic N) is 2. The Morgan fingerprint density at radius 3 is 2.74 bits per heavy atom. The third-order valence-corrected chi connectivity index (χ3v) is 3.39. The maximum absolute atomic E-state index is 11.2. The number of nitrogens with two attached hydrogens (primary N) is 2. The maximum Gasteiger partial charge on any atom is 0.240 e. The van der Waals surface area contributed by atoms with E-state index >= 15 is 0 Å². The number of hydrogen-bond donors (Lipinski definition) is 3. The van der Waals surface area contributed by atoms with Crippen LogP contribution in [0.2, 0.25) is 0 Å². The first-order valence-electron chi connectivity index (χ1n) is 5.38. The van der Waals surface area contributed by atoms with E-state index in [1.807, 2.05) is 0 Å². The van der Waals surface area contributed by atoms with Crippen LogP contribution in [-0.2, 0) is 16.4 Å². The van der Waals surface area contributed by atoms with Crippen molar-refractivity contribution in [1.82, 2.24) is 10.1 Å². The van der Waals surface area contributed by atoms with Gasteiger partial charge in [-0.2, -0.15) is 4.98 Å². The number of anilines is 2. The van der Waals surface area contributed by atoms with Crippen LogP contribution in [0.4, 0.5) is 11.4 Å². The summed E-state index contributed by atoms with van der Waals surface area (Å²) in [5.41, 5.74) is 6.43. The van der Waals surface area contributed by atoms with Crippen LogP contribution in [0.25, 0.3) is 0 Å². The average molecular weight is 283 g/mol. The van der Waals surface area contributed by atoms with Gasteiger partial charge >= 0.3 is 0 Å². The Balaban J connectivity index is 2.00. The van der Waals surface area contributed by atoms with E-state index in [1.54, 1.807) is 6.07 Å². The quantitative estimate of drug-likeness (QED) is 0.654. The van der Waals surface area contributed by atoms with Crippen molar-refractivity contribution in [3.8, 4) is 0 Å². The fourth-order valence-corrected chi connectivity index (χ4v) is 2.18. The lowest BCUT2D eigenvalue weighted by atomic mass is 10.2. The van der Waals surface area contributed by atoms with Gasteiger partial charge in [-0.15, -0.1) is 0 Å². The summed E-state index contributed by atoms with van der Waals surface area (Å²) in [5, 5.41) is 11.7. The van der Waals surface area contributed by atoms with Gasteiger partial charge in [-0.05, 0) is 18.2 Å². The van der Waals surface area contributed by atoms with Gasteiger partial charge in [0.05, 0.1) is 5.69 Å². The van der Waals surface area contributed by atoms with Crippen molar-refractivity contribution in [2.45, 2.75) is 11.3 Å². The summed E-state index contributed by atoms with van der Waals surface area (Å²) in [6.45, 7) is 0.563. The topological polar surface area (TPSA) is 137 Å². The minimum absolute atomic E-state index is 0.0868. The first kappa shape index (κ1) is 13.3. The summed E-state index contributed by atoms with van der Waals surface area (Å²) in [6, 6.07) is 4.46. The zero-order valence-corrected chi connectivity index (χ0v) is 10.7. The minimum Gasteiger partial charge on any atom is -0.398 e. The third kappa shape index (κ3) is 3.42. The summed E-state index contributed by atoms with van der Waals surface area (Å²) < 4.78 is 27.0. The van der Waals surface area contributed by atoms with E-state index in [9.17, 15) is 8.42 Å². The number of aromatic nitrogens is 2. The van der Waals surface area contributed by atoms with E-state index in [4.69, 9.17) is 10.9 Å². The number of benzene rings is 1. The summed E-state index contributed by atoms with van der Waals surface area (Å²) in [4.78, 5) is 3.79. The molecule has 0 aliphatic carbocycles. The predicted molar refractivity (Wildman–Crippen MR) is 68.7 cm³/mol. The highest BCUT2D eigenvalue weighted by Gasteiger charge is 2.12. The lowest BCUT2D eigenvalue weighted by Gasteiger charge is -2.08. The molecule has 0 amide bonds. The molecule has 0 radical (unpaired) electrons. The van der Waals surface area contributed by atoms with Gasteiger partial charge in [0.2, 0.25) is 16.4 Å². The number of nitrogens with one attached hydrogen (secondary N) is 1. The van der Waals surface area contributed by atoms with Gasteiger partial charge in [-0.1, -0.05) is 5.16 Å². The Morgan fingerprint density at radius 1 is 1.37 bits per heavy atom. The second-order valence-corrected chi connectivity index (χ2v) is 5.35. The number of rotatable bonds is 5. The summed E-state index contributed by atoms with van der Waals surface area (Å²) in [5.74, 6) is 0.585. The molecule has 0 aliphatic rings. The zero-order chi connectivity index (χ0) is 13.9. The van der Waals surface area contributed by atoms with Crippen LogP contribution in [-0.4, -0.2) is 25.1 Å². The minimum atomic E-state index is -3.79. The number of primary sulfonamides is 1. The van der Waals surface area contributed by atoms with E-state index in [2.05, 4.69) is 20.0 Å². The van der Waals surface area contributed by atoms with Gasteiger partial charge < -0.3 is 15.6 Å². The van der Waals surface area contributed by atoms with Crippen molar-refractivity contribution in [2.24, 2.45) is 5.14 Å². The molecule has 0 spiro atoms. The summed E-state index contributed by atoms with van der Waals surface area (Å²) >= 11 is 0. The largest absolute Gasteiger partial charge is 0.398 e. The number of sulfonamides is 1. The van der Waals surface area contributed by atoms with E-state index in [1.165, 1.54) is 18.5 Å². The summed E-state index contributed by atoms with van der Waals surface area (Å²) in [6.07, 6.45) is 1.83. The van der Waals surface area contributed by atoms with Gasteiger partial charge in [0, 0.05) is 18.7 Å². The van der Waals surface area contributed by atoms with Gasteiger partial charge in [0.15, 0.2) is 5.82 Å². The van der Waals surface area contributed by atoms with Crippen molar-refractivity contribution >= 4 is 21.4 Å². The molecule has 0 saturated heterocycles. The molecule has 1 aromatic carbocycles. The lowest BCUT2D eigenvalue weighted by molar-refractivity contribution is 0.410. The molecule has 5 N–H and O–H groups in total. The van der Waals surface area contributed by atoms with Crippen molar-refractivity contribution in [3.05, 3.63) is 30.4 Å². The van der Waals surface area contributed by atoms with Crippen LogP contribution in [0.5, 0.6) is 0 Å². The van der Waals surface area contributed by atoms with E-state index in [-0.39, 0.29) is 10.6 Å². The number of hydrogen-bond acceptors (Lipinski definition) is 7. The molecule has 9 heteroatoms. The summed E-state index contributed by atoms with van der Waals surface area (Å²) in [7, 11) is -3.79. The molecule has 102 valence electrons. The maximum atomic E-state index is 11.2. The van der Waals surface area contributed by atoms with Crippen molar-refractivity contribution in [2.75, 3.05) is 17.6 Å². The van der Waals surface area contributed by atoms with Crippen molar-refractivity contribution in [3.63, 3.8) is 0 Å². The first-order valence-corrected chi connectivity index (χ1v) is 6.93. The highest BCUT2D eigenvalue weighted by molar-refractivity contribution is 7.89. The molecule has 2 aromatic rings. The van der Waals surface area contributed by atoms with Crippen LogP contribution < -0.4 is 16.2 Å². The highest BCUT2D eigenvalue weighted by atomic mass is 32.2. The van der Waals surface area contributed by atoms with Crippen LogP contribution in [0.15, 0.2) is 34.0 Å². The van der Waals surface area contributed by atoms with Crippen LogP contribution in [0.1, 0.15) is 5.82 Å². The van der Waals surface area contributed by atoms with Gasteiger partial charge in [0.25, 0.3) is 0 Å². The Bertz CT molecular complexity index is 654. The van der Waals surface area contributed by atoms with Crippen LogP contribution in [0.3, 0.4) is 0 Å². The van der Waals surface area contributed by atoms with Gasteiger partial charge in [-0.3, -0.25) is 0 Å². The van der Waals surface area contributed by atoms with Crippen LogP contribution >= 0.6 is 0 Å². The van der Waals surface area contributed by atoms with Gasteiger partial charge in [0.1, 0.15) is 4.90 Å². The van der Waals surface area contributed by atoms with E-state index in [0.29, 0.717) is 24.5 Å². The molecule has 0 unspecified atom stereocenters. The lowest BCUT2D eigenvalue weighted by Crippen LogP contribution is -2.14. The van der Waals surface area contributed by atoms with Crippen LogP contribution in [0, 0.1) is 0 Å². The molecule has 0 saturated carbocycles. The Labute approximate surface area is 109 Å². The van der Waals surface area contributed by atoms with E-state index in [0.717, 1.165) is 0 Å². The zero-order valence-electron chi connectivity index (χ0n) is 9.91. The molecule has 0 fully saturated rings. The van der Waals surface area contributed by atoms with Gasteiger partial charge in [-0.25, -0.2) is 13.6 Å². The molecular formula is C10H13N5O3S. The Morgan fingerprint density at radius 2 is 2.16 bits per heavy atom. The standard InChI is InChI=1S/C10H13N5O3S/c11-8-5-7(1-2-9(8)19(12,16)17)13-4-3-10-14-6-18-15-10/h1-2,5-6,13H,3-4,11H2,(H2,12,16,17). The van der Waals surface area contributed by atoms with Crippen molar-refractivity contribution < 1.29 is 12.9 Å². The molecule has 8 nitrogen and oxygen atoms in total. The molecular weight excluding hydrogens is 270 g/mol. The average Bonchev–Trinajstić information content (AvgIpc) is 2.80. The van der Waals surface area contributed by atoms with Crippen molar-refractivity contribution in [1.29, 1.82) is 0 Å². The Kier molecular flexibility index (Phi) is 3.67. The Hall–Kier alpha value is -2.13.